The van der Waals surface area contributed by atoms with Gasteiger partial charge in [-0.2, -0.15) is 5.26 Å². The van der Waals surface area contributed by atoms with Crippen molar-refractivity contribution in [1.29, 1.82) is 5.26 Å². The number of nitrogens with one attached hydrogen (secondary N) is 1. The second kappa shape index (κ2) is 6.73. The van der Waals surface area contributed by atoms with Crippen molar-refractivity contribution in [3.8, 4) is 6.07 Å². The number of hydrogen-bond acceptors (Lipinski definition) is 3. The number of amides is 1. The summed E-state index contributed by atoms with van der Waals surface area (Å²) in [6, 6.07) is 12.6. The maximum absolute atomic E-state index is 12.0. The van der Waals surface area contributed by atoms with E-state index in [2.05, 4.69) is 23.5 Å². The van der Waals surface area contributed by atoms with Crippen LogP contribution in [0, 0.1) is 17.2 Å². The van der Waals surface area contributed by atoms with Gasteiger partial charge < -0.3 is 5.32 Å². The molecule has 0 spiro atoms. The molecule has 1 atom stereocenters. The van der Waals surface area contributed by atoms with Gasteiger partial charge in [-0.25, -0.2) is 0 Å². The van der Waals surface area contributed by atoms with E-state index in [1.54, 1.807) is 0 Å². The summed E-state index contributed by atoms with van der Waals surface area (Å²) in [6.07, 6.45) is 2.27. The third-order valence-corrected chi connectivity index (χ3v) is 4.08. The fraction of sp³-hybridized carbons (Fsp3) is 0.529. The van der Waals surface area contributed by atoms with Crippen LogP contribution in [0.1, 0.15) is 25.3 Å². The smallest absolute Gasteiger partial charge is 0.234 e. The number of benzene rings is 1. The Morgan fingerprint density at radius 3 is 2.67 bits per heavy atom. The first-order valence-corrected chi connectivity index (χ1v) is 7.46. The highest BCUT2D eigenvalue weighted by molar-refractivity contribution is 5.78. The molecule has 1 aliphatic rings. The van der Waals surface area contributed by atoms with Crippen LogP contribution in [0.4, 0.5) is 0 Å². The van der Waals surface area contributed by atoms with E-state index < -0.39 is 0 Å². The quantitative estimate of drug-likeness (QED) is 0.833. The molecule has 1 aliphatic carbocycles. The van der Waals surface area contributed by atoms with Crippen LogP contribution in [-0.2, 0) is 10.2 Å². The van der Waals surface area contributed by atoms with Gasteiger partial charge in [-0.15, -0.1) is 0 Å². The molecule has 1 N–H and O–H groups in total. The van der Waals surface area contributed by atoms with Crippen molar-refractivity contribution in [3.05, 3.63) is 35.9 Å². The molecular weight excluding hydrogens is 262 g/mol. The molecule has 1 saturated carbocycles. The first-order chi connectivity index (χ1) is 10.1. The normalized spacial score (nSPS) is 17.0. The second-order valence-electron chi connectivity index (χ2n) is 6.15. The van der Waals surface area contributed by atoms with Crippen LogP contribution < -0.4 is 5.32 Å². The SMILES string of the molecule is CC(C#N)CN(C)CC(=O)NCC1(c2ccccc2)CC1. The molecule has 0 radical (unpaired) electrons. The monoisotopic (exact) mass is 285 g/mol. The van der Waals surface area contributed by atoms with Gasteiger partial charge in [-0.05, 0) is 32.4 Å². The van der Waals surface area contributed by atoms with Crippen LogP contribution in [-0.4, -0.2) is 37.5 Å². The molecule has 1 unspecified atom stereocenters. The van der Waals surface area contributed by atoms with Gasteiger partial charge in [0.2, 0.25) is 5.91 Å². The molecule has 4 heteroatoms. The summed E-state index contributed by atoms with van der Waals surface area (Å²) in [4.78, 5) is 13.9. The molecule has 2 rings (SSSR count). The van der Waals surface area contributed by atoms with Gasteiger partial charge in [0, 0.05) is 18.5 Å². The lowest BCUT2D eigenvalue weighted by atomic mass is 9.96. The first kappa shape index (κ1) is 15.5. The molecule has 0 bridgehead atoms. The van der Waals surface area contributed by atoms with E-state index in [9.17, 15) is 4.79 Å². The largest absolute Gasteiger partial charge is 0.354 e. The van der Waals surface area contributed by atoms with E-state index in [4.69, 9.17) is 5.26 Å². The molecule has 1 amide bonds. The van der Waals surface area contributed by atoms with E-state index in [0.717, 1.165) is 12.8 Å². The molecule has 0 aromatic heterocycles. The molecule has 112 valence electrons. The Balaban J connectivity index is 1.78. The molecule has 4 nitrogen and oxygen atoms in total. The number of likely N-dealkylation sites (N-methyl/N-ethyl adjacent to an activating group) is 1. The zero-order valence-corrected chi connectivity index (χ0v) is 12.8. The Labute approximate surface area is 126 Å². The van der Waals surface area contributed by atoms with Crippen molar-refractivity contribution in [2.24, 2.45) is 5.92 Å². The van der Waals surface area contributed by atoms with Gasteiger partial charge in [-0.1, -0.05) is 30.3 Å². The summed E-state index contributed by atoms with van der Waals surface area (Å²) in [5.41, 5.74) is 1.46. The molecule has 0 aliphatic heterocycles. The maximum atomic E-state index is 12.0. The van der Waals surface area contributed by atoms with Crippen LogP contribution in [0.25, 0.3) is 0 Å². The fourth-order valence-corrected chi connectivity index (χ4v) is 2.65. The van der Waals surface area contributed by atoms with E-state index >= 15 is 0 Å². The molecule has 0 heterocycles. The minimum Gasteiger partial charge on any atom is -0.354 e. The highest BCUT2D eigenvalue weighted by Crippen LogP contribution is 2.47. The minimum absolute atomic E-state index is 0.0323. The van der Waals surface area contributed by atoms with Gasteiger partial charge >= 0.3 is 0 Å². The van der Waals surface area contributed by atoms with Gasteiger partial charge in [0.25, 0.3) is 0 Å². The Kier molecular flexibility index (Phi) is 4.98. The summed E-state index contributed by atoms with van der Waals surface area (Å²) in [5.74, 6) is -0.0215. The van der Waals surface area contributed by atoms with Crippen molar-refractivity contribution in [3.63, 3.8) is 0 Å². The molecule has 21 heavy (non-hydrogen) atoms. The Bertz CT molecular complexity index is 517. The Morgan fingerprint density at radius 1 is 1.43 bits per heavy atom. The van der Waals surface area contributed by atoms with Gasteiger partial charge in [-0.3, -0.25) is 9.69 Å². The van der Waals surface area contributed by atoms with Gasteiger partial charge in [0.05, 0.1) is 18.5 Å². The topological polar surface area (TPSA) is 56.1 Å². The van der Waals surface area contributed by atoms with Crippen molar-refractivity contribution < 1.29 is 4.79 Å². The summed E-state index contributed by atoms with van der Waals surface area (Å²) in [7, 11) is 1.87. The highest BCUT2D eigenvalue weighted by Gasteiger charge is 2.44. The average molecular weight is 285 g/mol. The number of hydrogen-bond donors (Lipinski definition) is 1. The third-order valence-electron chi connectivity index (χ3n) is 4.08. The zero-order valence-electron chi connectivity index (χ0n) is 12.8. The standard InChI is InChI=1S/C17H23N3O/c1-14(10-18)11-20(2)12-16(21)19-13-17(8-9-17)15-6-4-3-5-7-15/h3-7,14H,8-9,11-13H2,1-2H3,(H,19,21). The fourth-order valence-electron chi connectivity index (χ4n) is 2.65. The van der Waals surface area contributed by atoms with E-state index in [1.165, 1.54) is 5.56 Å². The van der Waals surface area contributed by atoms with Crippen LogP contribution in [0.2, 0.25) is 0 Å². The van der Waals surface area contributed by atoms with Crippen molar-refractivity contribution in [2.45, 2.75) is 25.2 Å². The average Bonchev–Trinajstić information content (AvgIpc) is 3.27. The lowest BCUT2D eigenvalue weighted by Gasteiger charge is -2.20. The van der Waals surface area contributed by atoms with Gasteiger partial charge in [0.1, 0.15) is 0 Å². The maximum Gasteiger partial charge on any atom is 0.234 e. The zero-order chi connectivity index (χ0) is 15.3. The van der Waals surface area contributed by atoms with Gasteiger partial charge in [0.15, 0.2) is 0 Å². The van der Waals surface area contributed by atoms with Crippen LogP contribution >= 0.6 is 0 Å². The Morgan fingerprint density at radius 2 is 2.10 bits per heavy atom. The predicted molar refractivity (Wildman–Crippen MR) is 82.6 cm³/mol. The summed E-state index contributed by atoms with van der Waals surface area (Å²) < 4.78 is 0. The number of nitriles is 1. The van der Waals surface area contributed by atoms with E-state index in [0.29, 0.717) is 19.6 Å². The molecule has 1 fully saturated rings. The lowest BCUT2D eigenvalue weighted by molar-refractivity contribution is -0.122. The first-order valence-electron chi connectivity index (χ1n) is 7.46. The number of carbonyl (C=O) groups is 1. The van der Waals surface area contributed by atoms with Crippen LogP contribution in [0.5, 0.6) is 0 Å². The summed E-state index contributed by atoms with van der Waals surface area (Å²) in [5, 5.41) is 11.8. The van der Waals surface area contributed by atoms with Crippen molar-refractivity contribution in [2.75, 3.05) is 26.7 Å². The molecule has 0 saturated heterocycles. The number of rotatable bonds is 7. The van der Waals surface area contributed by atoms with Crippen LogP contribution in [0.15, 0.2) is 30.3 Å². The molecular formula is C17H23N3O. The van der Waals surface area contributed by atoms with Crippen molar-refractivity contribution >= 4 is 5.91 Å². The number of carbonyl (C=O) groups excluding carboxylic acids is 1. The summed E-state index contributed by atoms with van der Waals surface area (Å²) in [6.45, 7) is 3.53. The van der Waals surface area contributed by atoms with Crippen LogP contribution in [0.3, 0.4) is 0 Å². The van der Waals surface area contributed by atoms with Crippen molar-refractivity contribution in [1.82, 2.24) is 10.2 Å². The van der Waals surface area contributed by atoms with E-state index in [1.807, 2.05) is 37.1 Å². The Hall–Kier alpha value is -1.86. The molecule has 1 aromatic rings. The van der Waals surface area contributed by atoms with E-state index in [-0.39, 0.29) is 17.2 Å². The number of nitrogens with zero attached hydrogens (tertiary/aromatic N) is 2. The minimum atomic E-state index is -0.0538. The lowest BCUT2D eigenvalue weighted by Crippen LogP contribution is -2.40. The molecule has 1 aromatic carbocycles. The predicted octanol–water partition coefficient (Wildman–Crippen LogP) is 1.93. The summed E-state index contributed by atoms with van der Waals surface area (Å²) >= 11 is 0. The second-order valence-corrected chi connectivity index (χ2v) is 6.15. The third kappa shape index (κ3) is 4.30. The highest BCUT2D eigenvalue weighted by atomic mass is 16.2.